The normalized spacial score (nSPS) is 10.2. The fraction of sp³-hybridized carbons (Fsp3) is 0.357. The van der Waals surface area contributed by atoms with Crippen LogP contribution in [0, 0.1) is 6.92 Å². The molecular formula is C14H17ClN4O2. The lowest BCUT2D eigenvalue weighted by Crippen LogP contribution is -2.14. The Bertz CT molecular complexity index is 595. The average molecular weight is 309 g/mol. The second-order valence-corrected chi connectivity index (χ2v) is 4.57. The molecule has 1 aromatic carbocycles. The molecule has 21 heavy (non-hydrogen) atoms. The van der Waals surface area contributed by atoms with E-state index in [1.54, 1.807) is 0 Å². The van der Waals surface area contributed by atoms with Crippen molar-refractivity contribution in [3.8, 4) is 11.8 Å². The second kappa shape index (κ2) is 7.64. The Morgan fingerprint density at radius 1 is 1.19 bits per heavy atom. The van der Waals surface area contributed by atoms with Crippen molar-refractivity contribution in [2.75, 3.05) is 25.1 Å². The minimum atomic E-state index is 0.0931. The van der Waals surface area contributed by atoms with Gasteiger partial charge in [0.2, 0.25) is 11.2 Å². The maximum absolute atomic E-state index is 5.80. The van der Waals surface area contributed by atoms with E-state index in [2.05, 4.69) is 20.3 Å². The topological polar surface area (TPSA) is 69.2 Å². The predicted octanol–water partition coefficient (Wildman–Crippen LogP) is 2.72. The van der Waals surface area contributed by atoms with E-state index in [0.717, 1.165) is 11.3 Å². The van der Waals surface area contributed by atoms with E-state index in [1.807, 2.05) is 38.1 Å². The zero-order valence-electron chi connectivity index (χ0n) is 12.0. The number of anilines is 1. The molecule has 0 amide bonds. The molecule has 1 N–H and O–H groups in total. The number of nitrogens with zero attached hydrogens (tertiary/aromatic N) is 3. The Morgan fingerprint density at radius 2 is 2.05 bits per heavy atom. The molecule has 0 bridgehead atoms. The van der Waals surface area contributed by atoms with Crippen LogP contribution in [0.25, 0.3) is 0 Å². The fourth-order valence-corrected chi connectivity index (χ4v) is 1.79. The molecule has 1 aromatic heterocycles. The first-order valence-electron chi connectivity index (χ1n) is 6.65. The van der Waals surface area contributed by atoms with Crippen molar-refractivity contribution in [3.63, 3.8) is 0 Å². The van der Waals surface area contributed by atoms with Gasteiger partial charge in [-0.3, -0.25) is 0 Å². The zero-order valence-corrected chi connectivity index (χ0v) is 12.7. The average Bonchev–Trinajstić information content (AvgIpc) is 2.43. The van der Waals surface area contributed by atoms with Gasteiger partial charge in [-0.05, 0) is 43.1 Å². The van der Waals surface area contributed by atoms with Crippen molar-refractivity contribution in [2.45, 2.75) is 13.8 Å². The summed E-state index contributed by atoms with van der Waals surface area (Å²) < 4.78 is 10.8. The predicted molar refractivity (Wildman–Crippen MR) is 81.2 cm³/mol. The molecule has 0 aliphatic carbocycles. The quantitative estimate of drug-likeness (QED) is 0.793. The number of benzene rings is 1. The van der Waals surface area contributed by atoms with E-state index in [0.29, 0.717) is 25.7 Å². The zero-order chi connectivity index (χ0) is 15.1. The van der Waals surface area contributed by atoms with E-state index < -0.39 is 0 Å². The summed E-state index contributed by atoms with van der Waals surface area (Å²) in [6, 6.07) is 8.08. The number of nitrogens with one attached hydrogen (secondary N) is 1. The minimum absolute atomic E-state index is 0.0931. The Kier molecular flexibility index (Phi) is 5.57. The summed E-state index contributed by atoms with van der Waals surface area (Å²) in [5, 5.41) is 3.11. The highest BCUT2D eigenvalue weighted by molar-refractivity contribution is 6.28. The molecule has 0 unspecified atom stereocenters. The van der Waals surface area contributed by atoms with Gasteiger partial charge in [0.05, 0.1) is 13.2 Å². The minimum Gasteiger partial charge on any atom is -0.492 e. The lowest BCUT2D eigenvalue weighted by atomic mass is 10.2. The summed E-state index contributed by atoms with van der Waals surface area (Å²) in [5.74, 6) is 1.20. The van der Waals surface area contributed by atoms with Gasteiger partial charge in [-0.1, -0.05) is 12.1 Å². The largest absolute Gasteiger partial charge is 0.492 e. The van der Waals surface area contributed by atoms with Gasteiger partial charge in [-0.25, -0.2) is 0 Å². The van der Waals surface area contributed by atoms with Gasteiger partial charge < -0.3 is 14.8 Å². The van der Waals surface area contributed by atoms with Crippen molar-refractivity contribution in [1.29, 1.82) is 0 Å². The number of aromatic nitrogens is 3. The Morgan fingerprint density at radius 3 is 2.81 bits per heavy atom. The summed E-state index contributed by atoms with van der Waals surface area (Å²) in [6.07, 6.45) is 0. The van der Waals surface area contributed by atoms with Gasteiger partial charge in [-0.15, -0.1) is 0 Å². The maximum atomic E-state index is 5.80. The monoisotopic (exact) mass is 308 g/mol. The van der Waals surface area contributed by atoms with Crippen LogP contribution in [0.4, 0.5) is 5.95 Å². The lowest BCUT2D eigenvalue weighted by Gasteiger charge is -2.09. The molecule has 2 aromatic rings. The van der Waals surface area contributed by atoms with Crippen LogP contribution >= 0.6 is 11.6 Å². The van der Waals surface area contributed by atoms with Gasteiger partial charge in [0, 0.05) is 0 Å². The number of rotatable bonds is 7. The molecular weight excluding hydrogens is 292 g/mol. The first-order chi connectivity index (χ1) is 10.2. The molecule has 0 saturated carbocycles. The van der Waals surface area contributed by atoms with Gasteiger partial charge in [0.15, 0.2) is 0 Å². The van der Waals surface area contributed by atoms with Gasteiger partial charge in [0.25, 0.3) is 0 Å². The molecule has 0 aliphatic heterocycles. The molecule has 7 heteroatoms. The van der Waals surface area contributed by atoms with Crippen molar-refractivity contribution in [2.24, 2.45) is 0 Å². The highest BCUT2D eigenvalue weighted by atomic mass is 35.5. The van der Waals surface area contributed by atoms with E-state index in [4.69, 9.17) is 21.1 Å². The van der Waals surface area contributed by atoms with Crippen LogP contribution in [-0.4, -0.2) is 34.7 Å². The van der Waals surface area contributed by atoms with Crippen LogP contribution < -0.4 is 14.8 Å². The van der Waals surface area contributed by atoms with Gasteiger partial charge in [-0.2, -0.15) is 15.0 Å². The number of ether oxygens (including phenoxy) is 2. The summed E-state index contributed by atoms with van der Waals surface area (Å²) in [4.78, 5) is 11.9. The van der Waals surface area contributed by atoms with Crippen LogP contribution in [-0.2, 0) is 0 Å². The molecule has 0 aliphatic rings. The molecule has 0 fully saturated rings. The Hall–Kier alpha value is -2.08. The lowest BCUT2D eigenvalue weighted by molar-refractivity contribution is 0.311. The second-order valence-electron chi connectivity index (χ2n) is 4.24. The van der Waals surface area contributed by atoms with Gasteiger partial charge >= 0.3 is 6.01 Å². The summed E-state index contributed by atoms with van der Waals surface area (Å²) in [6.45, 7) is 5.36. The summed E-state index contributed by atoms with van der Waals surface area (Å²) >= 11 is 5.80. The van der Waals surface area contributed by atoms with Crippen molar-refractivity contribution in [3.05, 3.63) is 35.1 Å². The Labute approximate surface area is 128 Å². The molecule has 1 heterocycles. The number of hydrogen-bond acceptors (Lipinski definition) is 6. The van der Waals surface area contributed by atoms with E-state index >= 15 is 0 Å². The molecule has 0 spiro atoms. The molecule has 2 rings (SSSR count). The third kappa shape index (κ3) is 5.07. The van der Waals surface area contributed by atoms with Crippen molar-refractivity contribution in [1.82, 2.24) is 15.0 Å². The highest BCUT2D eigenvalue weighted by Gasteiger charge is 2.05. The molecule has 0 atom stereocenters. The smallest absolute Gasteiger partial charge is 0.322 e. The Balaban J connectivity index is 1.83. The summed E-state index contributed by atoms with van der Waals surface area (Å²) in [7, 11) is 0. The van der Waals surface area contributed by atoms with Crippen LogP contribution in [0.2, 0.25) is 5.28 Å². The molecule has 112 valence electrons. The van der Waals surface area contributed by atoms with Crippen LogP contribution in [0.15, 0.2) is 24.3 Å². The number of hydrogen-bond donors (Lipinski definition) is 1. The van der Waals surface area contributed by atoms with E-state index in [9.17, 15) is 0 Å². The summed E-state index contributed by atoms with van der Waals surface area (Å²) in [5.41, 5.74) is 1.16. The fourth-order valence-electron chi connectivity index (χ4n) is 1.64. The highest BCUT2D eigenvalue weighted by Crippen LogP contribution is 2.13. The van der Waals surface area contributed by atoms with Crippen LogP contribution in [0.1, 0.15) is 12.5 Å². The third-order valence-electron chi connectivity index (χ3n) is 2.50. The first kappa shape index (κ1) is 15.3. The molecule has 0 radical (unpaired) electrons. The molecule has 0 saturated heterocycles. The number of aryl methyl sites for hydroxylation is 1. The number of halogens is 1. The SMILES string of the molecule is CCOc1nc(Cl)nc(NCCOc2cccc(C)c2)n1. The first-order valence-corrected chi connectivity index (χ1v) is 7.03. The molecule has 6 nitrogen and oxygen atoms in total. The van der Waals surface area contributed by atoms with Gasteiger partial charge in [0.1, 0.15) is 12.4 Å². The van der Waals surface area contributed by atoms with Crippen molar-refractivity contribution >= 4 is 17.5 Å². The van der Waals surface area contributed by atoms with Crippen LogP contribution in [0.5, 0.6) is 11.8 Å². The van der Waals surface area contributed by atoms with E-state index in [-0.39, 0.29) is 11.3 Å². The van der Waals surface area contributed by atoms with Crippen LogP contribution in [0.3, 0.4) is 0 Å². The van der Waals surface area contributed by atoms with Crippen molar-refractivity contribution < 1.29 is 9.47 Å². The third-order valence-corrected chi connectivity index (χ3v) is 2.67. The maximum Gasteiger partial charge on any atom is 0.322 e. The van der Waals surface area contributed by atoms with E-state index in [1.165, 1.54) is 0 Å². The standard InChI is InChI=1S/C14H17ClN4O2/c1-3-20-14-18-12(15)17-13(19-14)16-7-8-21-11-6-4-5-10(2)9-11/h4-6,9H,3,7-8H2,1-2H3,(H,16,17,18,19).